The molecule has 0 fully saturated rings. The maximum atomic E-state index is 4.00. The zero-order valence-corrected chi connectivity index (χ0v) is 8.47. The Morgan fingerprint density at radius 2 is 2.17 bits per heavy atom. The van der Waals surface area contributed by atoms with E-state index in [1.807, 2.05) is 0 Å². The normalized spacial score (nSPS) is 10.9. The molecule has 0 aromatic carbocycles. The van der Waals surface area contributed by atoms with Crippen molar-refractivity contribution in [2.75, 3.05) is 19.6 Å². The predicted molar refractivity (Wildman–Crippen MR) is 51.4 cm³/mol. The molecule has 0 aliphatic heterocycles. The summed E-state index contributed by atoms with van der Waals surface area (Å²) in [6, 6.07) is 0. The smallest absolute Gasteiger partial charge is 0.118 e. The lowest BCUT2D eigenvalue weighted by atomic mass is 10.4. The van der Waals surface area contributed by atoms with Crippen LogP contribution in [0.1, 0.15) is 18.9 Å². The summed E-state index contributed by atoms with van der Waals surface area (Å²) in [5.74, 6) is 0. The Bertz CT molecular complexity index is 194. The van der Waals surface area contributed by atoms with E-state index < -0.39 is 0 Å². The topological polar surface area (TPSA) is 29.0 Å². The molecule has 0 radical (unpaired) electrons. The van der Waals surface area contributed by atoms with Crippen LogP contribution in [0.3, 0.4) is 0 Å². The van der Waals surface area contributed by atoms with Gasteiger partial charge in [0.15, 0.2) is 0 Å². The van der Waals surface area contributed by atoms with Crippen LogP contribution in [-0.2, 0) is 6.42 Å². The van der Waals surface area contributed by atoms with E-state index in [9.17, 15) is 0 Å². The number of hydrogen-bond donors (Lipinski definition) is 0. The first kappa shape index (κ1) is 9.61. The minimum atomic E-state index is 1.03. The van der Waals surface area contributed by atoms with Gasteiger partial charge in [0.25, 0.3) is 0 Å². The van der Waals surface area contributed by atoms with Crippen LogP contribution in [0.4, 0.5) is 0 Å². The Morgan fingerprint density at radius 1 is 1.42 bits per heavy atom. The van der Waals surface area contributed by atoms with Crippen molar-refractivity contribution < 1.29 is 0 Å². The summed E-state index contributed by atoms with van der Waals surface area (Å²) in [5, 5.41) is 8.94. The standard InChI is InChI=1S/C8H15N3S/c1-3-11(4-2)6-5-8-10-9-7-12-8/h7H,3-6H2,1-2H3. The molecule has 1 heterocycles. The fourth-order valence-corrected chi connectivity index (χ4v) is 1.62. The summed E-state index contributed by atoms with van der Waals surface area (Å²) in [7, 11) is 0. The van der Waals surface area contributed by atoms with Gasteiger partial charge in [0.2, 0.25) is 0 Å². The molecule has 1 rings (SSSR count). The van der Waals surface area contributed by atoms with Gasteiger partial charge in [-0.05, 0) is 13.1 Å². The summed E-state index contributed by atoms with van der Waals surface area (Å²) in [4.78, 5) is 2.39. The van der Waals surface area contributed by atoms with Gasteiger partial charge >= 0.3 is 0 Å². The van der Waals surface area contributed by atoms with Crippen molar-refractivity contribution in [3.05, 3.63) is 10.5 Å². The third-order valence-electron chi connectivity index (χ3n) is 1.94. The van der Waals surface area contributed by atoms with E-state index in [-0.39, 0.29) is 0 Å². The summed E-state index contributed by atoms with van der Waals surface area (Å²) in [5.41, 5.74) is 1.79. The third kappa shape index (κ3) is 2.87. The molecule has 4 heteroatoms. The lowest BCUT2D eigenvalue weighted by Gasteiger charge is -2.16. The van der Waals surface area contributed by atoms with Crippen LogP contribution in [0.25, 0.3) is 0 Å². The molecule has 68 valence electrons. The van der Waals surface area contributed by atoms with Gasteiger partial charge in [-0.2, -0.15) is 0 Å². The molecule has 0 saturated heterocycles. The highest BCUT2D eigenvalue weighted by atomic mass is 32.1. The third-order valence-corrected chi connectivity index (χ3v) is 2.70. The van der Waals surface area contributed by atoms with Gasteiger partial charge in [0.05, 0.1) is 0 Å². The molecule has 0 N–H and O–H groups in total. The average molecular weight is 185 g/mol. The van der Waals surface area contributed by atoms with E-state index in [1.54, 1.807) is 16.8 Å². The first-order valence-electron chi connectivity index (χ1n) is 4.34. The Hall–Kier alpha value is -0.480. The summed E-state index contributed by atoms with van der Waals surface area (Å²) >= 11 is 1.64. The van der Waals surface area contributed by atoms with Crippen molar-refractivity contribution in [1.82, 2.24) is 15.1 Å². The first-order chi connectivity index (χ1) is 5.86. The zero-order valence-electron chi connectivity index (χ0n) is 7.66. The van der Waals surface area contributed by atoms with Crippen molar-refractivity contribution in [1.29, 1.82) is 0 Å². The lowest BCUT2D eigenvalue weighted by Crippen LogP contribution is -2.25. The van der Waals surface area contributed by atoms with Crippen LogP contribution in [-0.4, -0.2) is 34.7 Å². The first-order valence-corrected chi connectivity index (χ1v) is 5.22. The zero-order chi connectivity index (χ0) is 8.81. The van der Waals surface area contributed by atoms with Crippen molar-refractivity contribution in [2.24, 2.45) is 0 Å². The number of rotatable bonds is 5. The molecule has 0 aliphatic rings. The minimum Gasteiger partial charge on any atom is -0.303 e. The van der Waals surface area contributed by atoms with Crippen LogP contribution in [0.2, 0.25) is 0 Å². The SMILES string of the molecule is CCN(CC)CCc1nncs1. The molecule has 1 aromatic heterocycles. The Kier molecular flexibility index (Phi) is 4.18. The molecule has 0 unspecified atom stereocenters. The quantitative estimate of drug-likeness (QED) is 0.694. The number of likely N-dealkylation sites (N-methyl/N-ethyl adjacent to an activating group) is 1. The molecule has 1 aromatic rings. The van der Waals surface area contributed by atoms with Crippen LogP contribution in [0.5, 0.6) is 0 Å². The monoisotopic (exact) mass is 185 g/mol. The second-order valence-corrected chi connectivity index (χ2v) is 3.53. The van der Waals surface area contributed by atoms with Gasteiger partial charge in [-0.15, -0.1) is 21.5 Å². The molecule has 0 aliphatic carbocycles. The van der Waals surface area contributed by atoms with Crippen molar-refractivity contribution in [2.45, 2.75) is 20.3 Å². The van der Waals surface area contributed by atoms with E-state index in [0.717, 1.165) is 31.1 Å². The van der Waals surface area contributed by atoms with Crippen LogP contribution >= 0.6 is 11.3 Å². The maximum absolute atomic E-state index is 4.00. The van der Waals surface area contributed by atoms with Gasteiger partial charge in [-0.25, -0.2) is 0 Å². The second-order valence-electron chi connectivity index (χ2n) is 2.61. The highest BCUT2D eigenvalue weighted by Crippen LogP contribution is 2.02. The molecule has 0 spiro atoms. The molecule has 3 nitrogen and oxygen atoms in total. The summed E-state index contributed by atoms with van der Waals surface area (Å²) < 4.78 is 0. The minimum absolute atomic E-state index is 1.03. The predicted octanol–water partition coefficient (Wildman–Crippen LogP) is 1.42. The van der Waals surface area contributed by atoms with Gasteiger partial charge in [-0.1, -0.05) is 13.8 Å². The van der Waals surface area contributed by atoms with Crippen molar-refractivity contribution in [3.63, 3.8) is 0 Å². The molecule has 0 atom stereocenters. The van der Waals surface area contributed by atoms with E-state index in [0.29, 0.717) is 0 Å². The molecule has 0 amide bonds. The summed E-state index contributed by atoms with van der Waals surface area (Å²) in [6.45, 7) is 7.71. The Balaban J connectivity index is 2.25. The molecule has 12 heavy (non-hydrogen) atoms. The second kappa shape index (κ2) is 5.22. The number of nitrogens with zero attached hydrogens (tertiary/aromatic N) is 3. The van der Waals surface area contributed by atoms with E-state index in [2.05, 4.69) is 28.9 Å². The van der Waals surface area contributed by atoms with Crippen LogP contribution in [0, 0.1) is 0 Å². The fraction of sp³-hybridized carbons (Fsp3) is 0.750. The number of aromatic nitrogens is 2. The fourth-order valence-electron chi connectivity index (χ4n) is 1.10. The molecule has 0 saturated carbocycles. The van der Waals surface area contributed by atoms with Crippen molar-refractivity contribution >= 4 is 11.3 Å². The van der Waals surface area contributed by atoms with Gasteiger partial charge in [-0.3, -0.25) is 0 Å². The lowest BCUT2D eigenvalue weighted by molar-refractivity contribution is 0.307. The highest BCUT2D eigenvalue weighted by Gasteiger charge is 2.01. The van der Waals surface area contributed by atoms with Gasteiger partial charge in [0.1, 0.15) is 10.5 Å². The van der Waals surface area contributed by atoms with E-state index >= 15 is 0 Å². The van der Waals surface area contributed by atoms with Gasteiger partial charge < -0.3 is 4.90 Å². The number of hydrogen-bond acceptors (Lipinski definition) is 4. The van der Waals surface area contributed by atoms with E-state index in [1.165, 1.54) is 0 Å². The van der Waals surface area contributed by atoms with E-state index in [4.69, 9.17) is 0 Å². The Labute approximate surface area is 77.4 Å². The molecular weight excluding hydrogens is 170 g/mol. The maximum Gasteiger partial charge on any atom is 0.118 e. The Morgan fingerprint density at radius 3 is 2.67 bits per heavy atom. The van der Waals surface area contributed by atoms with Crippen LogP contribution < -0.4 is 0 Å². The van der Waals surface area contributed by atoms with Crippen molar-refractivity contribution in [3.8, 4) is 0 Å². The molecular formula is C8H15N3S. The average Bonchev–Trinajstić information content (AvgIpc) is 2.59. The van der Waals surface area contributed by atoms with Crippen LogP contribution in [0.15, 0.2) is 5.51 Å². The highest BCUT2D eigenvalue weighted by molar-refractivity contribution is 7.09. The molecule has 0 bridgehead atoms. The van der Waals surface area contributed by atoms with Gasteiger partial charge in [0, 0.05) is 13.0 Å². The summed E-state index contributed by atoms with van der Waals surface area (Å²) in [6.07, 6.45) is 1.03. The largest absolute Gasteiger partial charge is 0.303 e.